The predicted octanol–water partition coefficient (Wildman–Crippen LogP) is 4.58. The lowest BCUT2D eigenvalue weighted by atomic mass is 9.64. The van der Waals surface area contributed by atoms with Gasteiger partial charge in [-0.1, -0.05) is 38.5 Å². The SMILES string of the molecule is NCC1CCCC(C2CCN(C(=O)CC3CCCC(C(O)(C(=O)O)C4CCCCC4)C3)CC2)C1. The summed E-state index contributed by atoms with van der Waals surface area (Å²) in [6.07, 6.45) is 16.0. The van der Waals surface area contributed by atoms with E-state index in [-0.39, 0.29) is 23.7 Å². The lowest BCUT2D eigenvalue weighted by Gasteiger charge is -2.44. The molecule has 3 saturated carbocycles. The minimum absolute atomic E-state index is 0.143. The zero-order valence-electron chi connectivity index (χ0n) is 21.1. The highest BCUT2D eigenvalue weighted by Gasteiger charge is 2.51. The molecule has 6 heteroatoms. The molecule has 5 atom stereocenters. The fourth-order valence-electron chi connectivity index (χ4n) is 8.07. The van der Waals surface area contributed by atoms with Gasteiger partial charge in [-0.15, -0.1) is 0 Å². The van der Waals surface area contributed by atoms with Crippen molar-refractivity contribution in [1.82, 2.24) is 4.90 Å². The molecular weight excluding hydrogens is 428 g/mol. The Bertz CT molecular complexity index is 686. The van der Waals surface area contributed by atoms with Crippen LogP contribution in [0.4, 0.5) is 0 Å². The van der Waals surface area contributed by atoms with Crippen molar-refractivity contribution in [2.45, 2.75) is 108 Å². The summed E-state index contributed by atoms with van der Waals surface area (Å²) in [5, 5.41) is 21.5. The summed E-state index contributed by atoms with van der Waals surface area (Å²) in [6, 6.07) is 0. The van der Waals surface area contributed by atoms with Crippen LogP contribution in [0.1, 0.15) is 103 Å². The number of aliphatic hydroxyl groups is 1. The first-order valence-electron chi connectivity index (χ1n) is 14.3. The van der Waals surface area contributed by atoms with E-state index in [1.165, 1.54) is 25.7 Å². The maximum Gasteiger partial charge on any atom is 0.336 e. The number of likely N-dealkylation sites (tertiary alicyclic amines) is 1. The van der Waals surface area contributed by atoms with E-state index in [9.17, 15) is 19.8 Å². The Morgan fingerprint density at radius 1 is 0.765 bits per heavy atom. The van der Waals surface area contributed by atoms with Crippen molar-refractivity contribution in [1.29, 1.82) is 0 Å². The van der Waals surface area contributed by atoms with E-state index in [0.29, 0.717) is 18.8 Å². The molecule has 4 N–H and O–H groups in total. The molecule has 6 nitrogen and oxygen atoms in total. The number of amides is 1. The fourth-order valence-corrected chi connectivity index (χ4v) is 8.07. The standard InChI is InChI=1S/C28H48N2O4/c29-19-21-7-4-8-23(16-21)22-12-14-30(15-13-22)26(31)18-20-6-5-11-25(17-20)28(34,27(32)33)24-9-2-1-3-10-24/h20-25,34H,1-19,29H2,(H,32,33). The third kappa shape index (κ3) is 5.80. The highest BCUT2D eigenvalue weighted by atomic mass is 16.4. The van der Waals surface area contributed by atoms with E-state index < -0.39 is 11.6 Å². The number of hydrogen-bond acceptors (Lipinski definition) is 4. The number of aliphatic carboxylic acids is 1. The van der Waals surface area contributed by atoms with E-state index in [4.69, 9.17) is 5.73 Å². The van der Waals surface area contributed by atoms with Crippen molar-refractivity contribution in [3.8, 4) is 0 Å². The highest BCUT2D eigenvalue weighted by molar-refractivity contribution is 5.78. The Kier molecular flexibility index (Phi) is 8.95. The van der Waals surface area contributed by atoms with Gasteiger partial charge in [-0.25, -0.2) is 4.79 Å². The Balaban J connectivity index is 1.28. The molecule has 1 heterocycles. The van der Waals surface area contributed by atoms with E-state index >= 15 is 0 Å². The van der Waals surface area contributed by atoms with Gasteiger partial charge in [-0.3, -0.25) is 4.79 Å². The summed E-state index contributed by atoms with van der Waals surface area (Å²) >= 11 is 0. The van der Waals surface area contributed by atoms with Crippen molar-refractivity contribution < 1.29 is 19.8 Å². The summed E-state index contributed by atoms with van der Waals surface area (Å²) in [6.45, 7) is 2.54. The number of piperidine rings is 1. The molecule has 194 valence electrons. The summed E-state index contributed by atoms with van der Waals surface area (Å²) in [5.74, 6) is 1.23. The van der Waals surface area contributed by atoms with E-state index in [2.05, 4.69) is 4.90 Å². The quantitative estimate of drug-likeness (QED) is 0.499. The average molecular weight is 477 g/mol. The normalized spacial score (nSPS) is 33.9. The molecule has 34 heavy (non-hydrogen) atoms. The topological polar surface area (TPSA) is 104 Å². The zero-order chi connectivity index (χ0) is 24.1. The number of nitrogens with zero attached hydrogens (tertiary/aromatic N) is 1. The molecule has 0 bridgehead atoms. The maximum atomic E-state index is 13.2. The van der Waals surface area contributed by atoms with E-state index in [0.717, 1.165) is 95.7 Å². The molecule has 0 radical (unpaired) electrons. The van der Waals surface area contributed by atoms with Crippen LogP contribution < -0.4 is 5.73 Å². The molecule has 4 fully saturated rings. The van der Waals surface area contributed by atoms with Gasteiger partial charge in [0.1, 0.15) is 0 Å². The second kappa shape index (κ2) is 11.7. The van der Waals surface area contributed by atoms with Crippen LogP contribution in [0.3, 0.4) is 0 Å². The minimum atomic E-state index is -1.62. The Labute approximate surface area is 206 Å². The number of nitrogens with two attached hydrogens (primary N) is 1. The molecule has 0 spiro atoms. The van der Waals surface area contributed by atoms with E-state index in [1.807, 2.05) is 0 Å². The van der Waals surface area contributed by atoms with E-state index in [1.54, 1.807) is 0 Å². The summed E-state index contributed by atoms with van der Waals surface area (Å²) in [5.41, 5.74) is 4.32. The van der Waals surface area contributed by atoms with Crippen LogP contribution in [0.15, 0.2) is 0 Å². The molecule has 0 aromatic carbocycles. The number of rotatable bonds is 7. The molecule has 0 aromatic heterocycles. The van der Waals surface area contributed by atoms with Crippen LogP contribution >= 0.6 is 0 Å². The molecule has 5 unspecified atom stereocenters. The lowest BCUT2D eigenvalue weighted by molar-refractivity contribution is -0.179. The van der Waals surface area contributed by atoms with Gasteiger partial charge in [0.2, 0.25) is 5.91 Å². The molecule has 0 aromatic rings. The number of hydrogen-bond donors (Lipinski definition) is 3. The first-order chi connectivity index (χ1) is 16.4. The Hall–Kier alpha value is -1.14. The molecule has 1 saturated heterocycles. The van der Waals surface area contributed by atoms with Crippen LogP contribution in [0.5, 0.6) is 0 Å². The first-order valence-corrected chi connectivity index (χ1v) is 14.3. The molecular formula is C28H48N2O4. The molecule has 4 rings (SSSR count). The van der Waals surface area contributed by atoms with Crippen molar-refractivity contribution in [2.75, 3.05) is 19.6 Å². The van der Waals surface area contributed by atoms with Gasteiger partial charge in [-0.2, -0.15) is 0 Å². The number of carboxylic acid groups (broad SMARTS) is 1. The maximum absolute atomic E-state index is 13.2. The fraction of sp³-hybridized carbons (Fsp3) is 0.929. The van der Waals surface area contributed by atoms with Gasteiger partial charge in [0, 0.05) is 19.5 Å². The van der Waals surface area contributed by atoms with Gasteiger partial charge in [0.25, 0.3) is 0 Å². The van der Waals surface area contributed by atoms with Gasteiger partial charge in [-0.05, 0) is 99.8 Å². The zero-order valence-corrected chi connectivity index (χ0v) is 21.1. The second-order valence-corrected chi connectivity index (χ2v) is 12.1. The number of carbonyl (C=O) groups is 2. The molecule has 4 aliphatic rings. The van der Waals surface area contributed by atoms with Crippen LogP contribution in [0, 0.1) is 35.5 Å². The van der Waals surface area contributed by atoms with Gasteiger partial charge in [0.05, 0.1) is 0 Å². The Morgan fingerprint density at radius 3 is 2.09 bits per heavy atom. The molecule has 1 aliphatic heterocycles. The predicted molar refractivity (Wildman–Crippen MR) is 133 cm³/mol. The van der Waals surface area contributed by atoms with Crippen LogP contribution in [-0.4, -0.2) is 52.2 Å². The van der Waals surface area contributed by atoms with Gasteiger partial charge < -0.3 is 20.8 Å². The monoisotopic (exact) mass is 476 g/mol. The smallest absolute Gasteiger partial charge is 0.336 e. The van der Waals surface area contributed by atoms with Crippen molar-refractivity contribution in [2.24, 2.45) is 41.2 Å². The van der Waals surface area contributed by atoms with Crippen molar-refractivity contribution in [3.05, 3.63) is 0 Å². The summed E-state index contributed by atoms with van der Waals surface area (Å²) in [7, 11) is 0. The van der Waals surface area contributed by atoms with Crippen LogP contribution in [0.25, 0.3) is 0 Å². The summed E-state index contributed by atoms with van der Waals surface area (Å²) < 4.78 is 0. The number of carboxylic acids is 1. The highest BCUT2D eigenvalue weighted by Crippen LogP contribution is 2.45. The van der Waals surface area contributed by atoms with Crippen molar-refractivity contribution in [3.63, 3.8) is 0 Å². The average Bonchev–Trinajstić information content (AvgIpc) is 2.89. The van der Waals surface area contributed by atoms with Crippen molar-refractivity contribution >= 4 is 11.9 Å². The first kappa shape index (κ1) is 25.9. The van der Waals surface area contributed by atoms with Gasteiger partial charge >= 0.3 is 5.97 Å². The Morgan fingerprint density at radius 2 is 1.41 bits per heavy atom. The summed E-state index contributed by atoms with van der Waals surface area (Å²) in [4.78, 5) is 27.5. The second-order valence-electron chi connectivity index (χ2n) is 12.1. The van der Waals surface area contributed by atoms with Crippen LogP contribution in [0.2, 0.25) is 0 Å². The molecule has 1 amide bonds. The molecule has 3 aliphatic carbocycles. The minimum Gasteiger partial charge on any atom is -0.479 e. The van der Waals surface area contributed by atoms with Crippen LogP contribution in [-0.2, 0) is 9.59 Å². The largest absolute Gasteiger partial charge is 0.479 e. The number of carbonyl (C=O) groups excluding carboxylic acids is 1. The lowest BCUT2D eigenvalue weighted by Crippen LogP contribution is -2.54. The van der Waals surface area contributed by atoms with Gasteiger partial charge in [0.15, 0.2) is 5.60 Å². The third-order valence-electron chi connectivity index (χ3n) is 10.2. The third-order valence-corrected chi connectivity index (χ3v) is 10.2.